The van der Waals surface area contributed by atoms with Crippen molar-refractivity contribution in [3.05, 3.63) is 112 Å². The zero-order valence-corrected chi connectivity index (χ0v) is 15.8. The van der Waals surface area contributed by atoms with Crippen LogP contribution in [0.15, 0.2) is 94.2 Å². The average Bonchev–Trinajstić information content (AvgIpc) is 2.79. The van der Waals surface area contributed by atoms with Gasteiger partial charge in [0.15, 0.2) is 0 Å². The van der Waals surface area contributed by atoms with Gasteiger partial charge in [-0.15, -0.1) is 0 Å². The molecule has 0 saturated heterocycles. The SMILES string of the molecule is COc1ccc(C2=CC(c3ccccc3)c3c(c4ccccc4oc3=O)O2)cc1. The van der Waals surface area contributed by atoms with Crippen LogP contribution in [0.1, 0.15) is 22.6 Å². The van der Waals surface area contributed by atoms with Crippen molar-refractivity contribution in [3.8, 4) is 11.5 Å². The fourth-order valence-corrected chi connectivity index (χ4v) is 3.73. The standard InChI is InChI=1S/C25H18O4/c1-27-18-13-11-17(12-14-18)22-15-20(16-7-3-2-4-8-16)23-24(28-22)19-9-5-6-10-21(19)29-25(23)26/h2-15,20H,1H3. The van der Waals surface area contributed by atoms with E-state index in [0.29, 0.717) is 22.7 Å². The molecule has 1 aliphatic heterocycles. The van der Waals surface area contributed by atoms with Crippen molar-refractivity contribution in [3.63, 3.8) is 0 Å². The Morgan fingerprint density at radius 2 is 1.59 bits per heavy atom. The van der Waals surface area contributed by atoms with Crippen molar-refractivity contribution in [1.82, 2.24) is 0 Å². The molecule has 4 heteroatoms. The highest BCUT2D eigenvalue weighted by Crippen LogP contribution is 2.42. The molecule has 1 unspecified atom stereocenters. The molecule has 5 rings (SSSR count). The molecular formula is C25H18O4. The number of hydrogen-bond acceptors (Lipinski definition) is 4. The molecule has 0 spiro atoms. The van der Waals surface area contributed by atoms with E-state index < -0.39 is 0 Å². The van der Waals surface area contributed by atoms with Gasteiger partial charge >= 0.3 is 5.63 Å². The first-order valence-corrected chi connectivity index (χ1v) is 9.39. The first kappa shape index (κ1) is 17.3. The largest absolute Gasteiger partial charge is 0.497 e. The van der Waals surface area contributed by atoms with Crippen LogP contribution in [-0.2, 0) is 0 Å². The summed E-state index contributed by atoms with van der Waals surface area (Å²) in [5, 5.41) is 0.780. The van der Waals surface area contributed by atoms with E-state index in [1.54, 1.807) is 13.2 Å². The first-order chi connectivity index (χ1) is 14.2. The summed E-state index contributed by atoms with van der Waals surface area (Å²) in [4.78, 5) is 12.9. The Bertz CT molecular complexity index is 1270. The Morgan fingerprint density at radius 3 is 2.34 bits per heavy atom. The van der Waals surface area contributed by atoms with Gasteiger partial charge in [-0.3, -0.25) is 0 Å². The van der Waals surface area contributed by atoms with Crippen molar-refractivity contribution in [1.29, 1.82) is 0 Å². The predicted molar refractivity (Wildman–Crippen MR) is 112 cm³/mol. The molecule has 3 aromatic carbocycles. The quantitative estimate of drug-likeness (QED) is 0.447. The van der Waals surface area contributed by atoms with Crippen LogP contribution in [0, 0.1) is 0 Å². The monoisotopic (exact) mass is 382 g/mol. The molecule has 0 radical (unpaired) electrons. The molecule has 0 aliphatic carbocycles. The normalized spacial score (nSPS) is 15.3. The molecule has 29 heavy (non-hydrogen) atoms. The van der Waals surface area contributed by atoms with Crippen molar-refractivity contribution in [2.45, 2.75) is 5.92 Å². The van der Waals surface area contributed by atoms with E-state index in [-0.39, 0.29) is 11.5 Å². The lowest BCUT2D eigenvalue weighted by Crippen LogP contribution is -2.19. The fourth-order valence-electron chi connectivity index (χ4n) is 3.73. The Balaban J connectivity index is 1.75. The predicted octanol–water partition coefficient (Wildman–Crippen LogP) is 5.37. The Hall–Kier alpha value is -3.79. The zero-order valence-electron chi connectivity index (χ0n) is 15.8. The average molecular weight is 382 g/mol. The summed E-state index contributed by atoms with van der Waals surface area (Å²) in [5.41, 5.74) is 2.57. The second-order valence-electron chi connectivity index (χ2n) is 6.88. The van der Waals surface area contributed by atoms with Crippen molar-refractivity contribution < 1.29 is 13.9 Å². The molecule has 1 aromatic heterocycles. The van der Waals surface area contributed by atoms with Gasteiger partial charge in [-0.2, -0.15) is 0 Å². The third-order valence-corrected chi connectivity index (χ3v) is 5.17. The molecule has 1 aliphatic rings. The molecule has 0 N–H and O–H groups in total. The van der Waals surface area contributed by atoms with Gasteiger partial charge in [-0.05, 0) is 48.0 Å². The van der Waals surface area contributed by atoms with Crippen LogP contribution in [-0.4, -0.2) is 7.11 Å². The van der Waals surface area contributed by atoms with Gasteiger partial charge in [0.2, 0.25) is 0 Å². The highest BCUT2D eigenvalue weighted by Gasteiger charge is 2.30. The molecule has 0 fully saturated rings. The van der Waals surface area contributed by atoms with Crippen molar-refractivity contribution in [2.75, 3.05) is 7.11 Å². The Kier molecular flexibility index (Phi) is 4.17. The van der Waals surface area contributed by atoms with Crippen LogP contribution in [0.3, 0.4) is 0 Å². The van der Waals surface area contributed by atoms with E-state index in [0.717, 1.165) is 22.3 Å². The van der Waals surface area contributed by atoms with Crippen LogP contribution in [0.4, 0.5) is 0 Å². The van der Waals surface area contributed by atoms with Crippen LogP contribution in [0.5, 0.6) is 11.5 Å². The van der Waals surface area contributed by atoms with E-state index >= 15 is 0 Å². The highest BCUT2D eigenvalue weighted by atomic mass is 16.5. The van der Waals surface area contributed by atoms with Gasteiger partial charge in [-0.25, -0.2) is 4.79 Å². The van der Waals surface area contributed by atoms with Crippen LogP contribution in [0.2, 0.25) is 0 Å². The minimum absolute atomic E-state index is 0.266. The van der Waals surface area contributed by atoms with E-state index in [2.05, 4.69) is 0 Å². The summed E-state index contributed by atoms with van der Waals surface area (Å²) in [6.07, 6.45) is 1.98. The summed E-state index contributed by atoms with van der Waals surface area (Å²) < 4.78 is 17.2. The van der Waals surface area contributed by atoms with Gasteiger partial charge in [-0.1, -0.05) is 42.5 Å². The number of ether oxygens (including phenoxy) is 2. The number of para-hydroxylation sites is 1. The summed E-state index contributed by atoms with van der Waals surface area (Å²) in [7, 11) is 1.64. The van der Waals surface area contributed by atoms with E-state index in [4.69, 9.17) is 13.9 Å². The number of rotatable bonds is 3. The van der Waals surface area contributed by atoms with Crippen molar-refractivity contribution >= 4 is 16.7 Å². The second kappa shape index (κ2) is 6.99. The summed E-state index contributed by atoms with van der Waals surface area (Å²) >= 11 is 0. The minimum atomic E-state index is -0.377. The molecule has 142 valence electrons. The number of allylic oxidation sites excluding steroid dienone is 1. The summed E-state index contributed by atoms with van der Waals surface area (Å²) in [5.74, 6) is 1.76. The molecule has 0 saturated carbocycles. The number of methoxy groups -OCH3 is 1. The van der Waals surface area contributed by atoms with Crippen LogP contribution >= 0.6 is 0 Å². The third-order valence-electron chi connectivity index (χ3n) is 5.17. The van der Waals surface area contributed by atoms with E-state index in [1.807, 2.05) is 78.9 Å². The minimum Gasteiger partial charge on any atom is -0.497 e. The number of benzene rings is 3. The maximum atomic E-state index is 12.9. The molecule has 0 amide bonds. The first-order valence-electron chi connectivity index (χ1n) is 9.39. The van der Waals surface area contributed by atoms with Crippen LogP contribution in [0.25, 0.3) is 16.7 Å². The second-order valence-corrected chi connectivity index (χ2v) is 6.88. The smallest absolute Gasteiger partial charge is 0.344 e. The van der Waals surface area contributed by atoms with Gasteiger partial charge in [0, 0.05) is 11.5 Å². The van der Waals surface area contributed by atoms with Crippen molar-refractivity contribution in [2.24, 2.45) is 0 Å². The topological polar surface area (TPSA) is 48.7 Å². The van der Waals surface area contributed by atoms with Gasteiger partial charge < -0.3 is 13.9 Å². The third kappa shape index (κ3) is 2.99. The van der Waals surface area contributed by atoms with E-state index in [9.17, 15) is 4.79 Å². The van der Waals surface area contributed by atoms with Crippen LogP contribution < -0.4 is 15.1 Å². The molecular weight excluding hydrogens is 364 g/mol. The summed E-state index contributed by atoms with van der Waals surface area (Å²) in [6, 6.07) is 25.0. The van der Waals surface area contributed by atoms with Gasteiger partial charge in [0.25, 0.3) is 0 Å². The lowest BCUT2D eigenvalue weighted by atomic mass is 9.88. The molecule has 1 atom stereocenters. The summed E-state index contributed by atoms with van der Waals surface area (Å²) in [6.45, 7) is 0. The van der Waals surface area contributed by atoms with Gasteiger partial charge in [0.1, 0.15) is 22.8 Å². The Morgan fingerprint density at radius 1 is 0.862 bits per heavy atom. The molecule has 4 nitrogen and oxygen atoms in total. The number of hydrogen-bond donors (Lipinski definition) is 0. The zero-order chi connectivity index (χ0) is 19.8. The maximum absolute atomic E-state index is 12.9. The Labute approximate surface area is 167 Å². The molecule has 4 aromatic rings. The fraction of sp³-hybridized carbons (Fsp3) is 0.0800. The lowest BCUT2D eigenvalue weighted by molar-refractivity contribution is 0.414. The highest BCUT2D eigenvalue weighted by molar-refractivity contribution is 5.87. The lowest BCUT2D eigenvalue weighted by Gasteiger charge is -2.25. The maximum Gasteiger partial charge on any atom is 0.344 e. The van der Waals surface area contributed by atoms with Gasteiger partial charge in [0.05, 0.1) is 18.1 Å². The number of fused-ring (bicyclic) bond motifs is 3. The molecule has 2 heterocycles. The van der Waals surface area contributed by atoms with E-state index in [1.165, 1.54) is 0 Å². The molecule has 0 bridgehead atoms.